The minimum Gasteiger partial charge on any atom is -0.459 e. The Kier molecular flexibility index (Phi) is 14.6. The highest BCUT2D eigenvalue weighted by atomic mass is 16.7. The van der Waals surface area contributed by atoms with E-state index in [9.17, 15) is 34.5 Å². The fourth-order valence-electron chi connectivity index (χ4n) is 7.58. The first-order valence-electron chi connectivity index (χ1n) is 18.1. The van der Waals surface area contributed by atoms with Crippen molar-refractivity contribution >= 4 is 23.9 Å². The third kappa shape index (κ3) is 8.78. The summed E-state index contributed by atoms with van der Waals surface area (Å²) in [5.41, 5.74) is -0.173. The number of aliphatic hydroxyl groups is 3. The molecule has 0 amide bonds. The number of esters is 4. The molecule has 5 N–H and O–H groups in total. The van der Waals surface area contributed by atoms with Crippen LogP contribution in [0.2, 0.25) is 0 Å². The summed E-state index contributed by atoms with van der Waals surface area (Å²) in [7, 11) is 0. The Balaban J connectivity index is 2.15. The summed E-state index contributed by atoms with van der Waals surface area (Å²) in [5, 5.41) is 35.3. The second-order valence-corrected chi connectivity index (χ2v) is 14.4. The SMILES string of the molecule is C/C=C(/C)C(=O)O[C@H]1C(C)=C2[C@H]([C@@H]1OC(=O)CCCCCCC)[C@@](C)(OC(C)=O)C[C@H](OC(=O)CCCCCCN)[C@@]1(O)[C@H]2O[C@H](O)[C@@]1(C)O. The van der Waals surface area contributed by atoms with E-state index < -0.39 is 77.3 Å². The minimum atomic E-state index is -2.49. The van der Waals surface area contributed by atoms with Crippen molar-refractivity contribution in [3.8, 4) is 0 Å². The molecule has 13 nitrogen and oxygen atoms in total. The number of hydrogen-bond acceptors (Lipinski definition) is 13. The largest absolute Gasteiger partial charge is 0.459 e. The van der Waals surface area contributed by atoms with Gasteiger partial charge in [-0.2, -0.15) is 0 Å². The van der Waals surface area contributed by atoms with Gasteiger partial charge in [0.2, 0.25) is 0 Å². The van der Waals surface area contributed by atoms with Gasteiger partial charge in [0.05, 0.1) is 5.92 Å². The standard InChI is InChI=1S/C37H59NO12/c1-8-10-11-12-15-19-27(41)47-31-29-28(23(4)30(31)48-33(42)22(3)9-2)32-37(45,36(7,44)34(43)49-32)25(21-35(29,6)50-24(5)39)46-26(40)18-16-13-14-17-20-38/h9,25,29-32,34,43-45H,8,10-21,38H2,1-7H3/b22-9-/t25-,29+,30-,31-,32-,34-,35-,36+,37+/m0/s1. The maximum atomic E-state index is 13.4. The molecule has 0 spiro atoms. The molecule has 1 saturated carbocycles. The first kappa shape index (κ1) is 41.6. The monoisotopic (exact) mass is 709 g/mol. The van der Waals surface area contributed by atoms with Gasteiger partial charge in [0, 0.05) is 31.8 Å². The van der Waals surface area contributed by atoms with E-state index in [0.29, 0.717) is 30.5 Å². The van der Waals surface area contributed by atoms with E-state index in [1.165, 1.54) is 13.8 Å². The van der Waals surface area contributed by atoms with Crippen LogP contribution in [0.3, 0.4) is 0 Å². The van der Waals surface area contributed by atoms with E-state index in [1.54, 1.807) is 33.8 Å². The quantitative estimate of drug-likeness (QED) is 0.0559. The molecule has 9 atom stereocenters. The Morgan fingerprint density at radius 2 is 1.50 bits per heavy atom. The molecule has 2 aliphatic carbocycles. The summed E-state index contributed by atoms with van der Waals surface area (Å²) in [5.74, 6) is -3.75. The van der Waals surface area contributed by atoms with Gasteiger partial charge in [-0.25, -0.2) is 4.79 Å². The summed E-state index contributed by atoms with van der Waals surface area (Å²) in [6, 6.07) is 0. The van der Waals surface area contributed by atoms with Crippen LogP contribution in [0.15, 0.2) is 22.8 Å². The average Bonchev–Trinajstić information content (AvgIpc) is 3.38. The predicted octanol–water partition coefficient (Wildman–Crippen LogP) is 3.83. The molecular formula is C37H59NO12. The van der Waals surface area contributed by atoms with Crippen LogP contribution in [0.5, 0.6) is 0 Å². The number of allylic oxidation sites excluding steroid dienone is 1. The molecule has 0 aromatic carbocycles. The summed E-state index contributed by atoms with van der Waals surface area (Å²) < 4.78 is 29.9. The zero-order chi connectivity index (χ0) is 37.4. The minimum absolute atomic E-state index is 0.00359. The van der Waals surface area contributed by atoms with Crippen molar-refractivity contribution in [2.24, 2.45) is 11.7 Å². The van der Waals surface area contributed by atoms with Gasteiger partial charge in [-0.1, -0.05) is 51.5 Å². The molecule has 284 valence electrons. The van der Waals surface area contributed by atoms with E-state index in [1.807, 2.05) is 0 Å². The Labute approximate surface area is 295 Å². The van der Waals surface area contributed by atoms with Gasteiger partial charge in [-0.3, -0.25) is 14.4 Å². The van der Waals surface area contributed by atoms with E-state index in [4.69, 9.17) is 29.4 Å². The van der Waals surface area contributed by atoms with E-state index in [2.05, 4.69) is 6.92 Å². The fraction of sp³-hybridized carbons (Fsp3) is 0.784. The smallest absolute Gasteiger partial charge is 0.334 e. The van der Waals surface area contributed by atoms with Crippen LogP contribution < -0.4 is 5.73 Å². The predicted molar refractivity (Wildman–Crippen MR) is 182 cm³/mol. The van der Waals surface area contributed by atoms with E-state index in [-0.39, 0.29) is 24.8 Å². The fourth-order valence-corrected chi connectivity index (χ4v) is 7.58. The topological polar surface area (TPSA) is 201 Å². The molecular weight excluding hydrogens is 650 g/mol. The van der Waals surface area contributed by atoms with Crippen LogP contribution in [-0.4, -0.2) is 93.3 Å². The number of nitrogens with two attached hydrogens (primary N) is 1. The van der Waals surface area contributed by atoms with Gasteiger partial charge < -0.3 is 44.7 Å². The first-order chi connectivity index (χ1) is 23.5. The van der Waals surface area contributed by atoms with Crippen LogP contribution in [0.4, 0.5) is 0 Å². The van der Waals surface area contributed by atoms with Crippen molar-refractivity contribution in [2.45, 2.75) is 173 Å². The van der Waals surface area contributed by atoms with Gasteiger partial charge >= 0.3 is 23.9 Å². The number of rotatable bonds is 17. The lowest BCUT2D eigenvalue weighted by molar-refractivity contribution is -0.228. The van der Waals surface area contributed by atoms with Crippen molar-refractivity contribution in [3.63, 3.8) is 0 Å². The lowest BCUT2D eigenvalue weighted by Gasteiger charge is -2.43. The summed E-state index contributed by atoms with van der Waals surface area (Å²) in [4.78, 5) is 52.7. The highest BCUT2D eigenvalue weighted by Crippen LogP contribution is 2.58. The van der Waals surface area contributed by atoms with Crippen molar-refractivity contribution < 1.29 is 58.2 Å². The Morgan fingerprint density at radius 3 is 2.06 bits per heavy atom. The van der Waals surface area contributed by atoms with E-state index in [0.717, 1.165) is 44.9 Å². The number of carbonyl (C=O) groups excluding carboxylic acids is 4. The normalized spacial score (nSPS) is 33.7. The number of unbranched alkanes of at least 4 members (excludes halogenated alkanes) is 7. The van der Waals surface area contributed by atoms with Crippen molar-refractivity contribution in [1.29, 1.82) is 0 Å². The Hall–Kier alpha value is -2.84. The third-order valence-corrected chi connectivity index (χ3v) is 10.5. The molecule has 1 saturated heterocycles. The number of carbonyl (C=O) groups is 4. The maximum absolute atomic E-state index is 13.4. The molecule has 50 heavy (non-hydrogen) atoms. The molecule has 0 unspecified atom stereocenters. The van der Waals surface area contributed by atoms with Gasteiger partial charge in [0.15, 0.2) is 24.1 Å². The van der Waals surface area contributed by atoms with Crippen LogP contribution in [0.25, 0.3) is 0 Å². The lowest BCUT2D eigenvalue weighted by atomic mass is 9.75. The zero-order valence-corrected chi connectivity index (χ0v) is 30.8. The molecule has 3 aliphatic rings. The molecule has 13 heteroatoms. The van der Waals surface area contributed by atoms with Gasteiger partial charge in [0.1, 0.15) is 23.4 Å². The molecule has 0 bridgehead atoms. The summed E-state index contributed by atoms with van der Waals surface area (Å²) >= 11 is 0. The molecule has 1 heterocycles. The summed E-state index contributed by atoms with van der Waals surface area (Å²) in [6.07, 6.45) is 1.02. The zero-order valence-electron chi connectivity index (χ0n) is 30.8. The van der Waals surface area contributed by atoms with Gasteiger partial charge in [-0.15, -0.1) is 0 Å². The Morgan fingerprint density at radius 1 is 0.920 bits per heavy atom. The first-order valence-corrected chi connectivity index (χ1v) is 18.1. The van der Waals surface area contributed by atoms with Crippen LogP contribution >= 0.6 is 0 Å². The summed E-state index contributed by atoms with van der Waals surface area (Å²) in [6.45, 7) is 11.4. The average molecular weight is 710 g/mol. The van der Waals surface area contributed by atoms with E-state index >= 15 is 0 Å². The lowest BCUT2D eigenvalue weighted by Crippen LogP contribution is -2.65. The third-order valence-electron chi connectivity index (χ3n) is 10.5. The second-order valence-electron chi connectivity index (χ2n) is 14.4. The second kappa shape index (κ2) is 17.6. The highest BCUT2D eigenvalue weighted by molar-refractivity contribution is 5.88. The molecule has 2 fully saturated rings. The Bertz CT molecular complexity index is 1290. The molecule has 3 rings (SSSR count). The number of ether oxygens (including phenoxy) is 5. The molecule has 0 aromatic heterocycles. The van der Waals surface area contributed by atoms with Gasteiger partial charge in [-0.05, 0) is 71.6 Å². The van der Waals surface area contributed by atoms with Crippen LogP contribution in [-0.2, 0) is 42.9 Å². The number of aliphatic hydroxyl groups excluding tert-OH is 1. The number of hydrogen-bond donors (Lipinski definition) is 4. The highest BCUT2D eigenvalue weighted by Gasteiger charge is 2.75. The van der Waals surface area contributed by atoms with Crippen LogP contribution in [0.1, 0.15) is 126 Å². The molecule has 1 aliphatic heterocycles. The molecule has 0 radical (unpaired) electrons. The van der Waals surface area contributed by atoms with Gasteiger partial charge in [0.25, 0.3) is 0 Å². The van der Waals surface area contributed by atoms with Crippen molar-refractivity contribution in [2.75, 3.05) is 6.54 Å². The maximum Gasteiger partial charge on any atom is 0.334 e. The van der Waals surface area contributed by atoms with Crippen LogP contribution in [0, 0.1) is 5.92 Å². The van der Waals surface area contributed by atoms with Crippen molar-refractivity contribution in [1.82, 2.24) is 0 Å². The number of fused-ring (bicyclic) bond motifs is 3. The van der Waals surface area contributed by atoms with Crippen molar-refractivity contribution in [3.05, 3.63) is 22.8 Å². The molecule has 0 aromatic rings.